The van der Waals surface area contributed by atoms with Crippen molar-refractivity contribution < 1.29 is 4.79 Å². The third-order valence-electron chi connectivity index (χ3n) is 4.79. The molecular weight excluding hydrogens is 319 g/mol. The van der Waals surface area contributed by atoms with Gasteiger partial charge in [-0.25, -0.2) is 0 Å². The molecule has 1 aromatic carbocycles. The lowest BCUT2D eigenvalue weighted by atomic mass is 9.89. The van der Waals surface area contributed by atoms with Gasteiger partial charge in [0.05, 0.1) is 10.0 Å². The van der Waals surface area contributed by atoms with Crippen LogP contribution in [0.4, 0.5) is 0 Å². The molecule has 2 aliphatic heterocycles. The molecule has 0 spiro atoms. The smallest absolute Gasteiger partial charge is 0.220 e. The Balaban J connectivity index is 1.42. The average molecular weight is 341 g/mol. The average Bonchev–Trinajstić information content (AvgIpc) is 2.82. The van der Waals surface area contributed by atoms with Crippen LogP contribution in [0.1, 0.15) is 37.7 Å². The molecule has 3 rings (SSSR count). The number of piperidine rings is 1. The molecule has 0 radical (unpaired) electrons. The molecule has 22 heavy (non-hydrogen) atoms. The first-order valence-corrected chi connectivity index (χ1v) is 8.83. The van der Waals surface area contributed by atoms with Crippen LogP contribution >= 0.6 is 23.2 Å². The molecule has 0 aromatic heterocycles. The van der Waals surface area contributed by atoms with Gasteiger partial charge in [0.2, 0.25) is 5.91 Å². The van der Waals surface area contributed by atoms with Crippen molar-refractivity contribution in [3.63, 3.8) is 0 Å². The van der Waals surface area contributed by atoms with E-state index < -0.39 is 0 Å². The summed E-state index contributed by atoms with van der Waals surface area (Å²) in [6, 6.07) is 6.89. The van der Waals surface area contributed by atoms with E-state index in [-0.39, 0.29) is 5.91 Å². The number of halogens is 2. The summed E-state index contributed by atoms with van der Waals surface area (Å²) in [6.07, 6.45) is 6.20. The molecule has 1 amide bonds. The highest BCUT2D eigenvalue weighted by molar-refractivity contribution is 6.42. The van der Waals surface area contributed by atoms with Gasteiger partial charge in [-0.3, -0.25) is 4.79 Å². The Morgan fingerprint density at radius 2 is 1.95 bits per heavy atom. The fourth-order valence-corrected chi connectivity index (χ4v) is 4.17. The second kappa shape index (κ2) is 7.20. The number of carbonyl (C=O) groups is 1. The first-order chi connectivity index (χ1) is 10.6. The number of hydrogen-bond acceptors (Lipinski definition) is 2. The molecule has 2 saturated heterocycles. The van der Waals surface area contributed by atoms with Crippen molar-refractivity contribution in [3.8, 4) is 0 Å². The summed E-state index contributed by atoms with van der Waals surface area (Å²) in [5, 5.41) is 7.78. The molecule has 120 valence electrons. The van der Waals surface area contributed by atoms with Crippen molar-refractivity contribution in [2.24, 2.45) is 5.92 Å². The van der Waals surface area contributed by atoms with E-state index in [1.807, 2.05) is 12.1 Å². The highest BCUT2D eigenvalue weighted by Gasteiger charge is 2.34. The summed E-state index contributed by atoms with van der Waals surface area (Å²) in [6.45, 7) is 0.608. The molecule has 0 aliphatic carbocycles. The second-order valence-corrected chi connectivity index (χ2v) is 7.28. The number of rotatable bonds is 5. The maximum atomic E-state index is 12.1. The summed E-state index contributed by atoms with van der Waals surface area (Å²) < 4.78 is 0. The third kappa shape index (κ3) is 3.95. The Morgan fingerprint density at radius 3 is 2.68 bits per heavy atom. The molecule has 2 aliphatic rings. The number of carbonyl (C=O) groups excluding carboxylic acids is 1. The first kappa shape index (κ1) is 16.1. The minimum absolute atomic E-state index is 0.157. The minimum atomic E-state index is 0.157. The predicted octanol–water partition coefficient (Wildman–Crippen LogP) is 3.57. The molecule has 2 N–H and O–H groups in total. The third-order valence-corrected chi connectivity index (χ3v) is 5.65. The fourth-order valence-electron chi connectivity index (χ4n) is 3.75. The lowest BCUT2D eigenvalue weighted by molar-refractivity contribution is -0.122. The number of nitrogens with one attached hydrogen (secondary N) is 2. The minimum Gasteiger partial charge on any atom is -0.356 e. The van der Waals surface area contributed by atoms with E-state index in [1.54, 1.807) is 6.07 Å². The van der Waals surface area contributed by atoms with Crippen LogP contribution in [-0.2, 0) is 11.2 Å². The van der Waals surface area contributed by atoms with E-state index in [9.17, 15) is 4.79 Å². The van der Waals surface area contributed by atoms with E-state index in [1.165, 1.54) is 12.8 Å². The molecular formula is C17H22Cl2N2O. The zero-order chi connectivity index (χ0) is 15.5. The lowest BCUT2D eigenvalue weighted by Crippen LogP contribution is -2.39. The topological polar surface area (TPSA) is 41.1 Å². The van der Waals surface area contributed by atoms with Gasteiger partial charge in [-0.15, -0.1) is 0 Å². The van der Waals surface area contributed by atoms with Crippen LogP contribution in [0.15, 0.2) is 18.2 Å². The van der Waals surface area contributed by atoms with Gasteiger partial charge in [-0.05, 0) is 49.7 Å². The summed E-state index contributed by atoms with van der Waals surface area (Å²) >= 11 is 12.1. The predicted molar refractivity (Wildman–Crippen MR) is 90.5 cm³/mol. The van der Waals surface area contributed by atoms with Crippen LogP contribution < -0.4 is 10.6 Å². The molecule has 2 unspecified atom stereocenters. The van der Waals surface area contributed by atoms with Gasteiger partial charge in [0.1, 0.15) is 0 Å². The second-order valence-electron chi connectivity index (χ2n) is 6.49. The SMILES string of the molecule is O=C(CC1CC2CCC(C1)N2)NCCc1cccc(Cl)c1Cl. The van der Waals surface area contributed by atoms with Crippen molar-refractivity contribution >= 4 is 29.1 Å². The molecule has 3 nitrogen and oxygen atoms in total. The van der Waals surface area contributed by atoms with Gasteiger partial charge in [0.15, 0.2) is 0 Å². The lowest BCUT2D eigenvalue weighted by Gasteiger charge is -2.28. The summed E-state index contributed by atoms with van der Waals surface area (Å²) in [7, 11) is 0. The van der Waals surface area contributed by atoms with Crippen molar-refractivity contribution in [3.05, 3.63) is 33.8 Å². The normalized spacial score (nSPS) is 26.9. The first-order valence-electron chi connectivity index (χ1n) is 8.07. The highest BCUT2D eigenvalue weighted by atomic mass is 35.5. The number of fused-ring (bicyclic) bond motifs is 2. The highest BCUT2D eigenvalue weighted by Crippen LogP contribution is 2.32. The van der Waals surface area contributed by atoms with Gasteiger partial charge in [0, 0.05) is 25.0 Å². The van der Waals surface area contributed by atoms with Gasteiger partial charge >= 0.3 is 0 Å². The standard InChI is InChI=1S/C17H22Cl2N2O/c18-15-3-1-2-12(17(15)19)6-7-20-16(22)10-11-8-13-4-5-14(9-11)21-13/h1-3,11,13-14,21H,4-10H2,(H,20,22). The van der Waals surface area contributed by atoms with Crippen LogP contribution in [0.25, 0.3) is 0 Å². The van der Waals surface area contributed by atoms with Gasteiger partial charge in [-0.1, -0.05) is 35.3 Å². The summed E-state index contributed by atoms with van der Waals surface area (Å²) in [4.78, 5) is 12.1. The van der Waals surface area contributed by atoms with E-state index in [4.69, 9.17) is 23.2 Å². The maximum absolute atomic E-state index is 12.1. The van der Waals surface area contributed by atoms with E-state index in [0.717, 1.165) is 18.4 Å². The van der Waals surface area contributed by atoms with Crippen molar-refractivity contribution in [2.75, 3.05) is 6.54 Å². The molecule has 2 atom stereocenters. The quantitative estimate of drug-likeness (QED) is 0.860. The Morgan fingerprint density at radius 1 is 1.23 bits per heavy atom. The monoisotopic (exact) mass is 340 g/mol. The largest absolute Gasteiger partial charge is 0.356 e. The zero-order valence-electron chi connectivity index (χ0n) is 12.6. The van der Waals surface area contributed by atoms with Crippen LogP contribution in [-0.4, -0.2) is 24.5 Å². The Hall–Kier alpha value is -0.770. The molecule has 2 bridgehead atoms. The van der Waals surface area contributed by atoms with Gasteiger partial charge < -0.3 is 10.6 Å². The molecule has 2 fully saturated rings. The zero-order valence-corrected chi connectivity index (χ0v) is 14.1. The van der Waals surface area contributed by atoms with Crippen LogP contribution in [0.2, 0.25) is 10.0 Å². The van der Waals surface area contributed by atoms with Crippen molar-refractivity contribution in [2.45, 2.75) is 50.6 Å². The van der Waals surface area contributed by atoms with E-state index in [0.29, 0.717) is 47.4 Å². The number of hydrogen-bond donors (Lipinski definition) is 2. The van der Waals surface area contributed by atoms with Crippen molar-refractivity contribution in [1.29, 1.82) is 0 Å². The van der Waals surface area contributed by atoms with E-state index in [2.05, 4.69) is 10.6 Å². The fraction of sp³-hybridized carbons (Fsp3) is 0.588. The van der Waals surface area contributed by atoms with Crippen LogP contribution in [0.3, 0.4) is 0 Å². The maximum Gasteiger partial charge on any atom is 0.220 e. The molecule has 1 aromatic rings. The van der Waals surface area contributed by atoms with Crippen molar-refractivity contribution in [1.82, 2.24) is 10.6 Å². The summed E-state index contributed by atoms with van der Waals surface area (Å²) in [5.41, 5.74) is 0.981. The van der Waals surface area contributed by atoms with Crippen LogP contribution in [0, 0.1) is 5.92 Å². The Labute approximate surface area is 141 Å². The molecule has 0 saturated carbocycles. The number of amides is 1. The Bertz CT molecular complexity index is 537. The van der Waals surface area contributed by atoms with E-state index >= 15 is 0 Å². The van der Waals surface area contributed by atoms with Gasteiger partial charge in [-0.2, -0.15) is 0 Å². The molecule has 5 heteroatoms. The summed E-state index contributed by atoms with van der Waals surface area (Å²) in [5.74, 6) is 0.693. The van der Waals surface area contributed by atoms with Crippen LogP contribution in [0.5, 0.6) is 0 Å². The molecule has 2 heterocycles. The number of benzene rings is 1. The Kier molecular flexibility index (Phi) is 5.27. The van der Waals surface area contributed by atoms with Gasteiger partial charge in [0.25, 0.3) is 0 Å².